The third-order valence-corrected chi connectivity index (χ3v) is 5.47. The molecule has 3 heterocycles. The number of urea groups is 1. The number of aliphatic imine (C=N–C) groups is 1. The number of nitrogens with one attached hydrogen (secondary N) is 3. The van der Waals surface area contributed by atoms with E-state index in [1.807, 2.05) is 25.7 Å². The molecule has 29 heavy (non-hydrogen) atoms. The Hall–Kier alpha value is -2.52. The van der Waals surface area contributed by atoms with Crippen LogP contribution in [0.2, 0.25) is 0 Å². The molecule has 0 radical (unpaired) electrons. The van der Waals surface area contributed by atoms with Gasteiger partial charge < -0.3 is 25.6 Å². The van der Waals surface area contributed by atoms with Crippen molar-refractivity contribution in [3.63, 3.8) is 0 Å². The molecular weight excluding hydrogens is 376 g/mol. The van der Waals surface area contributed by atoms with Gasteiger partial charge in [0.15, 0.2) is 5.96 Å². The lowest BCUT2D eigenvalue weighted by atomic mass is 9.98. The third-order valence-electron chi connectivity index (χ3n) is 5.47. The van der Waals surface area contributed by atoms with Crippen LogP contribution in [0.25, 0.3) is 0 Å². The largest absolute Gasteiger partial charge is 0.444 e. The molecule has 162 valence electrons. The lowest BCUT2D eigenvalue weighted by Gasteiger charge is -2.40. The van der Waals surface area contributed by atoms with Gasteiger partial charge in [-0.05, 0) is 46.5 Å². The quantitative estimate of drug-likeness (QED) is 0.357. The van der Waals surface area contributed by atoms with Crippen molar-refractivity contribution >= 4 is 24.0 Å². The van der Waals surface area contributed by atoms with E-state index < -0.39 is 5.60 Å². The summed E-state index contributed by atoms with van der Waals surface area (Å²) in [4.78, 5) is 43.1. The molecule has 2 bridgehead atoms. The van der Waals surface area contributed by atoms with E-state index in [1.54, 1.807) is 7.05 Å². The second-order valence-electron chi connectivity index (χ2n) is 8.79. The Morgan fingerprint density at radius 1 is 1.24 bits per heavy atom. The molecule has 0 aromatic rings. The topological polar surface area (TPSA) is 115 Å². The Kier molecular flexibility index (Phi) is 6.18. The first kappa shape index (κ1) is 21.2. The molecule has 3 fully saturated rings. The molecule has 3 rings (SSSR count). The van der Waals surface area contributed by atoms with E-state index in [1.165, 1.54) is 4.90 Å². The van der Waals surface area contributed by atoms with Gasteiger partial charge in [-0.3, -0.25) is 14.7 Å². The number of piperidine rings is 1. The minimum atomic E-state index is -0.495. The van der Waals surface area contributed by atoms with Crippen molar-refractivity contribution in [2.45, 2.75) is 70.2 Å². The van der Waals surface area contributed by atoms with E-state index >= 15 is 0 Å². The van der Waals surface area contributed by atoms with Crippen LogP contribution in [0.5, 0.6) is 0 Å². The molecule has 0 aromatic carbocycles. The van der Waals surface area contributed by atoms with Gasteiger partial charge in [0, 0.05) is 38.3 Å². The minimum absolute atomic E-state index is 0.0603. The maximum Gasteiger partial charge on any atom is 0.410 e. The average Bonchev–Trinajstić information content (AvgIpc) is 3.09. The van der Waals surface area contributed by atoms with Gasteiger partial charge in [-0.15, -0.1) is 0 Å². The third kappa shape index (κ3) is 5.10. The van der Waals surface area contributed by atoms with Crippen molar-refractivity contribution in [2.24, 2.45) is 4.99 Å². The summed E-state index contributed by atoms with van der Waals surface area (Å²) in [5.41, 5.74) is -0.495. The maximum absolute atomic E-state index is 12.6. The first-order valence-corrected chi connectivity index (χ1v) is 10.2. The van der Waals surface area contributed by atoms with Crippen LogP contribution in [0.3, 0.4) is 0 Å². The SMILES string of the molecule is CN=C(NCCN1C(=O)CNC1=O)NC1CC2CCC(C1)N2C(=O)OC(C)(C)C. The first-order valence-electron chi connectivity index (χ1n) is 10.2. The highest BCUT2D eigenvalue weighted by atomic mass is 16.6. The Bertz CT molecular complexity index is 659. The number of hydrogen-bond acceptors (Lipinski definition) is 5. The number of ether oxygens (including phenoxy) is 1. The fourth-order valence-corrected chi connectivity index (χ4v) is 4.26. The van der Waals surface area contributed by atoms with Crippen LogP contribution >= 0.6 is 0 Å². The number of fused-ring (bicyclic) bond motifs is 2. The van der Waals surface area contributed by atoms with Gasteiger partial charge >= 0.3 is 12.1 Å². The smallest absolute Gasteiger partial charge is 0.410 e. The van der Waals surface area contributed by atoms with E-state index in [-0.39, 0.29) is 49.2 Å². The fourth-order valence-electron chi connectivity index (χ4n) is 4.26. The van der Waals surface area contributed by atoms with E-state index in [4.69, 9.17) is 4.74 Å². The van der Waals surface area contributed by atoms with Crippen molar-refractivity contribution in [1.82, 2.24) is 25.8 Å². The van der Waals surface area contributed by atoms with Crippen molar-refractivity contribution in [3.05, 3.63) is 0 Å². The molecule has 3 N–H and O–H groups in total. The van der Waals surface area contributed by atoms with E-state index in [9.17, 15) is 14.4 Å². The molecule has 2 unspecified atom stereocenters. The predicted octanol–water partition coefficient (Wildman–Crippen LogP) is 0.634. The van der Waals surface area contributed by atoms with Gasteiger partial charge in [-0.25, -0.2) is 9.59 Å². The number of hydrogen-bond donors (Lipinski definition) is 3. The number of guanidine groups is 1. The molecule has 4 amide bonds. The normalized spacial score (nSPS) is 27.2. The van der Waals surface area contributed by atoms with Crippen LogP contribution in [0.1, 0.15) is 46.5 Å². The van der Waals surface area contributed by atoms with Crippen LogP contribution in [0.15, 0.2) is 4.99 Å². The number of amides is 4. The van der Waals surface area contributed by atoms with Crippen LogP contribution in [-0.4, -0.2) is 84.2 Å². The zero-order chi connectivity index (χ0) is 21.2. The lowest BCUT2D eigenvalue weighted by Crippen LogP contribution is -2.55. The molecular formula is C19H32N6O4. The first-order chi connectivity index (χ1) is 13.7. The highest BCUT2D eigenvalue weighted by Crippen LogP contribution is 2.36. The summed E-state index contributed by atoms with van der Waals surface area (Å²) in [6, 6.07) is 0.190. The van der Waals surface area contributed by atoms with Crippen LogP contribution in [0, 0.1) is 0 Å². The number of carbonyl (C=O) groups is 3. The van der Waals surface area contributed by atoms with E-state index in [0.29, 0.717) is 12.5 Å². The van der Waals surface area contributed by atoms with Gasteiger partial charge in [0.2, 0.25) is 5.91 Å². The highest BCUT2D eigenvalue weighted by Gasteiger charge is 2.45. The Labute approximate surface area is 171 Å². The second-order valence-corrected chi connectivity index (χ2v) is 8.79. The highest BCUT2D eigenvalue weighted by molar-refractivity contribution is 6.01. The van der Waals surface area contributed by atoms with Gasteiger partial charge in [0.1, 0.15) is 5.60 Å². The lowest BCUT2D eigenvalue weighted by molar-refractivity contribution is -0.124. The van der Waals surface area contributed by atoms with Crippen LogP contribution in [0.4, 0.5) is 9.59 Å². The Balaban J connectivity index is 1.48. The molecule has 0 saturated carbocycles. The summed E-state index contributed by atoms with van der Waals surface area (Å²) in [6.07, 6.45) is 3.42. The maximum atomic E-state index is 12.6. The standard InChI is InChI=1S/C19H32N6O4/c1-19(2,3)29-18(28)25-13-5-6-14(25)10-12(9-13)23-16(20-4)21-7-8-24-15(26)11-22-17(24)27/h12-14H,5-11H2,1-4H3,(H,22,27)(H2,20,21,23). The number of imide groups is 1. The van der Waals surface area contributed by atoms with Crippen LogP contribution in [-0.2, 0) is 9.53 Å². The molecule has 0 aromatic heterocycles. The molecule has 10 nitrogen and oxygen atoms in total. The summed E-state index contributed by atoms with van der Waals surface area (Å²) in [5.74, 6) is 0.415. The fraction of sp³-hybridized carbons (Fsp3) is 0.789. The van der Waals surface area contributed by atoms with E-state index in [2.05, 4.69) is 20.9 Å². The summed E-state index contributed by atoms with van der Waals surface area (Å²) < 4.78 is 5.58. The van der Waals surface area contributed by atoms with Gasteiger partial charge in [0.05, 0.1) is 6.54 Å². The Morgan fingerprint density at radius 2 is 1.90 bits per heavy atom. The molecule has 10 heteroatoms. The molecule has 3 saturated heterocycles. The van der Waals surface area contributed by atoms with Crippen molar-refractivity contribution in [1.29, 1.82) is 0 Å². The zero-order valence-electron chi connectivity index (χ0n) is 17.7. The van der Waals surface area contributed by atoms with Crippen molar-refractivity contribution in [3.8, 4) is 0 Å². The average molecular weight is 409 g/mol. The summed E-state index contributed by atoms with van der Waals surface area (Å²) in [5, 5.41) is 9.08. The summed E-state index contributed by atoms with van der Waals surface area (Å²) in [6.45, 7) is 6.42. The van der Waals surface area contributed by atoms with Crippen molar-refractivity contribution in [2.75, 3.05) is 26.7 Å². The zero-order valence-corrected chi connectivity index (χ0v) is 17.7. The summed E-state index contributed by atoms with van der Waals surface area (Å²) >= 11 is 0. The van der Waals surface area contributed by atoms with Gasteiger partial charge in [0.25, 0.3) is 0 Å². The van der Waals surface area contributed by atoms with Gasteiger partial charge in [-0.1, -0.05) is 0 Å². The molecule has 0 spiro atoms. The van der Waals surface area contributed by atoms with E-state index in [0.717, 1.165) is 25.7 Å². The summed E-state index contributed by atoms with van der Waals surface area (Å²) in [7, 11) is 1.69. The number of rotatable bonds is 4. The monoisotopic (exact) mass is 408 g/mol. The number of carbonyl (C=O) groups excluding carboxylic acids is 3. The Morgan fingerprint density at radius 3 is 2.41 bits per heavy atom. The molecule has 3 aliphatic heterocycles. The molecule has 2 atom stereocenters. The molecule has 0 aliphatic carbocycles. The molecule has 3 aliphatic rings. The predicted molar refractivity (Wildman–Crippen MR) is 108 cm³/mol. The van der Waals surface area contributed by atoms with Crippen molar-refractivity contribution < 1.29 is 19.1 Å². The second kappa shape index (κ2) is 8.46. The van der Waals surface area contributed by atoms with Gasteiger partial charge in [-0.2, -0.15) is 0 Å². The van der Waals surface area contributed by atoms with Crippen LogP contribution < -0.4 is 16.0 Å². The minimum Gasteiger partial charge on any atom is -0.444 e. The number of nitrogens with zero attached hydrogens (tertiary/aromatic N) is 3.